The number of nitrogens with zero attached hydrogens (tertiary/aromatic N) is 1. The number of nitrogens with one attached hydrogen (secondary N) is 1. The van der Waals surface area contributed by atoms with E-state index in [1.54, 1.807) is 37.3 Å². The molecule has 0 saturated carbocycles. The molecule has 0 aliphatic carbocycles. The summed E-state index contributed by atoms with van der Waals surface area (Å²) in [6, 6.07) is 7.14. The molecule has 0 aliphatic rings. The van der Waals surface area contributed by atoms with E-state index in [4.69, 9.17) is 4.74 Å². The number of benzene rings is 1. The third-order valence-corrected chi connectivity index (χ3v) is 3.64. The van der Waals surface area contributed by atoms with Crippen molar-refractivity contribution in [2.45, 2.75) is 13.5 Å². The van der Waals surface area contributed by atoms with Crippen LogP contribution in [0.25, 0.3) is 10.9 Å². The van der Waals surface area contributed by atoms with Gasteiger partial charge in [0.15, 0.2) is 5.43 Å². The SMILES string of the molecule is C=CCN(CC=C)Cc1c(C(=O)OCC)[nH]c2ccccc2c1=O. The van der Waals surface area contributed by atoms with Crippen molar-refractivity contribution in [3.05, 3.63) is 71.1 Å². The first kappa shape index (κ1) is 17.7. The van der Waals surface area contributed by atoms with Crippen molar-refractivity contribution in [1.82, 2.24) is 9.88 Å². The number of rotatable bonds is 8. The average molecular weight is 326 g/mol. The molecule has 0 fully saturated rings. The van der Waals surface area contributed by atoms with Gasteiger partial charge in [0.05, 0.1) is 6.61 Å². The zero-order chi connectivity index (χ0) is 17.5. The van der Waals surface area contributed by atoms with E-state index in [0.29, 0.717) is 36.1 Å². The number of aromatic amines is 1. The number of hydrogen-bond donors (Lipinski definition) is 1. The molecule has 2 rings (SSSR count). The van der Waals surface area contributed by atoms with E-state index >= 15 is 0 Å². The Hall–Kier alpha value is -2.66. The summed E-state index contributed by atoms with van der Waals surface area (Å²) in [6.07, 6.45) is 3.51. The number of pyridine rings is 1. The molecule has 24 heavy (non-hydrogen) atoms. The van der Waals surface area contributed by atoms with Gasteiger partial charge in [0.2, 0.25) is 0 Å². The first-order valence-electron chi connectivity index (χ1n) is 7.87. The Balaban J connectivity index is 2.59. The number of H-pyrrole nitrogens is 1. The monoisotopic (exact) mass is 326 g/mol. The minimum absolute atomic E-state index is 0.162. The van der Waals surface area contributed by atoms with Crippen LogP contribution in [0.2, 0.25) is 0 Å². The maximum atomic E-state index is 12.9. The van der Waals surface area contributed by atoms with E-state index in [9.17, 15) is 9.59 Å². The highest BCUT2D eigenvalue weighted by molar-refractivity contribution is 5.92. The molecular formula is C19H22N2O3. The van der Waals surface area contributed by atoms with E-state index in [-0.39, 0.29) is 17.7 Å². The topological polar surface area (TPSA) is 62.4 Å². The van der Waals surface area contributed by atoms with E-state index in [1.807, 2.05) is 11.0 Å². The van der Waals surface area contributed by atoms with Gasteiger partial charge in [-0.2, -0.15) is 0 Å². The molecule has 1 heterocycles. The molecule has 1 aromatic carbocycles. The Morgan fingerprint density at radius 3 is 2.54 bits per heavy atom. The van der Waals surface area contributed by atoms with E-state index in [1.165, 1.54) is 0 Å². The Bertz CT molecular complexity index is 798. The number of hydrogen-bond acceptors (Lipinski definition) is 4. The molecule has 1 N–H and O–H groups in total. The lowest BCUT2D eigenvalue weighted by Gasteiger charge is -2.20. The third-order valence-electron chi connectivity index (χ3n) is 3.64. The molecule has 0 amide bonds. The Morgan fingerprint density at radius 1 is 1.25 bits per heavy atom. The van der Waals surface area contributed by atoms with Crippen molar-refractivity contribution >= 4 is 16.9 Å². The Morgan fingerprint density at radius 2 is 1.92 bits per heavy atom. The van der Waals surface area contributed by atoms with Crippen LogP contribution in [0.5, 0.6) is 0 Å². The molecule has 5 heteroatoms. The normalized spacial score (nSPS) is 10.8. The van der Waals surface area contributed by atoms with Crippen LogP contribution in [0.15, 0.2) is 54.4 Å². The zero-order valence-electron chi connectivity index (χ0n) is 13.9. The first-order valence-corrected chi connectivity index (χ1v) is 7.87. The zero-order valence-corrected chi connectivity index (χ0v) is 13.9. The van der Waals surface area contributed by atoms with Gasteiger partial charge >= 0.3 is 5.97 Å². The van der Waals surface area contributed by atoms with Crippen molar-refractivity contribution in [1.29, 1.82) is 0 Å². The van der Waals surface area contributed by atoms with Crippen molar-refractivity contribution in [2.24, 2.45) is 0 Å². The lowest BCUT2D eigenvalue weighted by atomic mass is 10.1. The van der Waals surface area contributed by atoms with Gasteiger partial charge in [-0.15, -0.1) is 13.2 Å². The van der Waals surface area contributed by atoms with Gasteiger partial charge in [-0.05, 0) is 19.1 Å². The van der Waals surface area contributed by atoms with Gasteiger partial charge in [0.25, 0.3) is 0 Å². The van der Waals surface area contributed by atoms with E-state index < -0.39 is 5.97 Å². The summed E-state index contributed by atoms with van der Waals surface area (Å²) >= 11 is 0. The van der Waals surface area contributed by atoms with Crippen LogP contribution >= 0.6 is 0 Å². The number of para-hydroxylation sites is 1. The fourth-order valence-electron chi connectivity index (χ4n) is 2.60. The molecule has 5 nitrogen and oxygen atoms in total. The molecule has 1 aromatic heterocycles. The molecular weight excluding hydrogens is 304 g/mol. The second kappa shape index (κ2) is 8.26. The third kappa shape index (κ3) is 3.81. The second-order valence-corrected chi connectivity index (χ2v) is 5.35. The lowest BCUT2D eigenvalue weighted by Crippen LogP contribution is -2.29. The molecule has 0 atom stereocenters. The second-order valence-electron chi connectivity index (χ2n) is 5.35. The highest BCUT2D eigenvalue weighted by atomic mass is 16.5. The molecule has 0 unspecified atom stereocenters. The summed E-state index contributed by atoms with van der Waals surface area (Å²) in [4.78, 5) is 30.2. The van der Waals surface area contributed by atoms with Crippen LogP contribution in [0, 0.1) is 0 Å². The van der Waals surface area contributed by atoms with Crippen LogP contribution in [0.4, 0.5) is 0 Å². The highest BCUT2D eigenvalue weighted by Crippen LogP contribution is 2.14. The van der Waals surface area contributed by atoms with Gasteiger partial charge < -0.3 is 9.72 Å². The minimum atomic E-state index is -0.521. The smallest absolute Gasteiger partial charge is 0.355 e. The molecule has 0 radical (unpaired) electrons. The van der Waals surface area contributed by atoms with Gasteiger partial charge in [-0.25, -0.2) is 4.79 Å². The number of aromatic nitrogens is 1. The summed E-state index contributed by atoms with van der Waals surface area (Å²) in [5.41, 5.74) is 1.06. The van der Waals surface area contributed by atoms with Crippen LogP contribution in [-0.2, 0) is 11.3 Å². The number of carbonyl (C=O) groups is 1. The maximum Gasteiger partial charge on any atom is 0.355 e. The highest BCUT2D eigenvalue weighted by Gasteiger charge is 2.20. The fourth-order valence-corrected chi connectivity index (χ4v) is 2.60. The Kier molecular flexibility index (Phi) is 6.09. The van der Waals surface area contributed by atoms with Gasteiger partial charge in [0.1, 0.15) is 5.69 Å². The summed E-state index contributed by atoms with van der Waals surface area (Å²) < 4.78 is 5.11. The lowest BCUT2D eigenvalue weighted by molar-refractivity contribution is 0.0517. The predicted octanol–water partition coefficient (Wildman–Crippen LogP) is 2.88. The van der Waals surface area contributed by atoms with Crippen LogP contribution < -0.4 is 5.43 Å². The molecule has 0 bridgehead atoms. The number of ether oxygens (including phenoxy) is 1. The van der Waals surface area contributed by atoms with Crippen LogP contribution in [0.3, 0.4) is 0 Å². The van der Waals surface area contributed by atoms with Crippen molar-refractivity contribution < 1.29 is 9.53 Å². The Labute approximate surface area is 141 Å². The molecule has 0 spiro atoms. The molecule has 0 saturated heterocycles. The van der Waals surface area contributed by atoms with Crippen molar-refractivity contribution in [2.75, 3.05) is 19.7 Å². The quantitative estimate of drug-likeness (QED) is 0.598. The number of fused-ring (bicyclic) bond motifs is 1. The summed E-state index contributed by atoms with van der Waals surface area (Å²) in [5.74, 6) is -0.521. The number of esters is 1. The standard InChI is InChI=1S/C19H22N2O3/c1-4-11-21(12-5-2)13-15-17(19(23)24-6-3)20-16-10-8-7-9-14(16)18(15)22/h4-5,7-10H,1-2,6,11-13H2,3H3,(H,20,22). The fraction of sp³-hybridized carbons (Fsp3) is 0.263. The molecule has 126 valence electrons. The number of carbonyl (C=O) groups excluding carboxylic acids is 1. The molecule has 0 aliphatic heterocycles. The largest absolute Gasteiger partial charge is 0.461 e. The van der Waals surface area contributed by atoms with Crippen molar-refractivity contribution in [3.8, 4) is 0 Å². The average Bonchev–Trinajstić information content (AvgIpc) is 2.58. The predicted molar refractivity (Wildman–Crippen MR) is 96.2 cm³/mol. The first-order chi connectivity index (χ1) is 11.6. The van der Waals surface area contributed by atoms with Crippen LogP contribution in [0.1, 0.15) is 23.0 Å². The van der Waals surface area contributed by atoms with Crippen molar-refractivity contribution in [3.63, 3.8) is 0 Å². The van der Waals surface area contributed by atoms with Gasteiger partial charge in [0, 0.05) is 36.1 Å². The van der Waals surface area contributed by atoms with Gasteiger partial charge in [-0.3, -0.25) is 9.69 Å². The summed E-state index contributed by atoms with van der Waals surface area (Å²) in [6.45, 7) is 10.9. The summed E-state index contributed by atoms with van der Waals surface area (Å²) in [5, 5.41) is 0.553. The van der Waals surface area contributed by atoms with E-state index in [2.05, 4.69) is 18.1 Å². The maximum absolute atomic E-state index is 12.9. The summed E-state index contributed by atoms with van der Waals surface area (Å²) in [7, 11) is 0. The van der Waals surface area contributed by atoms with Crippen LogP contribution in [-0.4, -0.2) is 35.5 Å². The van der Waals surface area contributed by atoms with E-state index in [0.717, 1.165) is 0 Å². The minimum Gasteiger partial charge on any atom is -0.461 e. The molecule has 2 aromatic rings. The van der Waals surface area contributed by atoms with Gasteiger partial charge in [-0.1, -0.05) is 24.3 Å².